The first kappa shape index (κ1) is 17.5. The minimum absolute atomic E-state index is 0.135. The van der Waals surface area contributed by atoms with E-state index in [0.717, 1.165) is 16.8 Å². The van der Waals surface area contributed by atoms with Crippen molar-refractivity contribution in [3.05, 3.63) is 99.8 Å². The zero-order valence-corrected chi connectivity index (χ0v) is 14.8. The van der Waals surface area contributed by atoms with Crippen molar-refractivity contribution in [2.75, 3.05) is 0 Å². The highest BCUT2D eigenvalue weighted by molar-refractivity contribution is 6.35. The number of nitrogens with zero attached hydrogens (tertiary/aromatic N) is 1. The summed E-state index contributed by atoms with van der Waals surface area (Å²) >= 11 is 12.1. The van der Waals surface area contributed by atoms with Gasteiger partial charge in [-0.15, -0.1) is 0 Å². The Balaban J connectivity index is 1.82. The molecular weight excluding hydrogens is 355 g/mol. The number of pyridine rings is 1. The summed E-state index contributed by atoms with van der Waals surface area (Å²) in [5, 5.41) is 4.08. The maximum absolute atomic E-state index is 12.6. The molecule has 0 saturated carbocycles. The molecule has 0 saturated heterocycles. The van der Waals surface area contributed by atoms with Crippen LogP contribution in [-0.4, -0.2) is 10.9 Å². The van der Waals surface area contributed by atoms with E-state index in [9.17, 15) is 4.79 Å². The number of benzene rings is 2. The van der Waals surface area contributed by atoms with Crippen molar-refractivity contribution in [2.45, 2.75) is 12.5 Å². The third kappa shape index (κ3) is 4.59. The summed E-state index contributed by atoms with van der Waals surface area (Å²) in [6, 6.07) is 20.2. The van der Waals surface area contributed by atoms with Gasteiger partial charge in [0.2, 0.25) is 5.91 Å². The SMILES string of the molecule is O=C(Cc1ccc(Cl)cc1Cl)NC(c1ccccc1)c1ccccn1. The molecule has 3 nitrogen and oxygen atoms in total. The van der Waals surface area contributed by atoms with Crippen molar-refractivity contribution in [3.63, 3.8) is 0 Å². The summed E-state index contributed by atoms with van der Waals surface area (Å²) in [4.78, 5) is 17.0. The zero-order valence-electron chi connectivity index (χ0n) is 13.3. The Morgan fingerprint density at radius 3 is 2.44 bits per heavy atom. The molecule has 1 heterocycles. The van der Waals surface area contributed by atoms with Gasteiger partial charge >= 0.3 is 0 Å². The summed E-state index contributed by atoms with van der Waals surface area (Å²) < 4.78 is 0. The smallest absolute Gasteiger partial charge is 0.225 e. The standard InChI is InChI=1S/C20H16Cl2N2O/c21-16-10-9-15(17(22)13-16)12-19(25)24-20(14-6-2-1-3-7-14)18-8-4-5-11-23-18/h1-11,13,20H,12H2,(H,24,25). The van der Waals surface area contributed by atoms with E-state index in [1.54, 1.807) is 24.4 Å². The number of amides is 1. The van der Waals surface area contributed by atoms with Crippen LogP contribution in [0, 0.1) is 0 Å². The van der Waals surface area contributed by atoms with Gasteiger partial charge in [-0.2, -0.15) is 0 Å². The predicted octanol–water partition coefficient (Wildman–Crippen LogP) is 4.84. The molecule has 1 N–H and O–H groups in total. The summed E-state index contributed by atoms with van der Waals surface area (Å²) in [5.41, 5.74) is 2.48. The molecule has 3 rings (SSSR count). The van der Waals surface area contributed by atoms with Gasteiger partial charge < -0.3 is 5.32 Å². The average molecular weight is 371 g/mol. The van der Waals surface area contributed by atoms with Crippen molar-refractivity contribution < 1.29 is 4.79 Å². The second kappa shape index (κ2) is 8.15. The largest absolute Gasteiger partial charge is 0.343 e. The Morgan fingerprint density at radius 2 is 1.76 bits per heavy atom. The van der Waals surface area contributed by atoms with Gasteiger partial charge in [-0.3, -0.25) is 9.78 Å². The number of rotatable bonds is 5. The van der Waals surface area contributed by atoms with Crippen LogP contribution in [0.25, 0.3) is 0 Å². The van der Waals surface area contributed by atoms with E-state index in [2.05, 4.69) is 10.3 Å². The van der Waals surface area contributed by atoms with Crippen LogP contribution >= 0.6 is 23.2 Å². The first-order valence-electron chi connectivity index (χ1n) is 7.82. The third-order valence-electron chi connectivity index (χ3n) is 3.79. The first-order valence-corrected chi connectivity index (χ1v) is 8.58. The van der Waals surface area contributed by atoms with Crippen LogP contribution in [0.1, 0.15) is 22.9 Å². The maximum atomic E-state index is 12.6. The van der Waals surface area contributed by atoms with Crippen LogP contribution in [-0.2, 0) is 11.2 Å². The van der Waals surface area contributed by atoms with E-state index < -0.39 is 0 Å². The molecule has 1 aromatic heterocycles. The quantitative estimate of drug-likeness (QED) is 0.698. The summed E-state index contributed by atoms with van der Waals surface area (Å²) in [6.07, 6.45) is 1.89. The number of hydrogen-bond acceptors (Lipinski definition) is 2. The van der Waals surface area contributed by atoms with Gasteiger partial charge in [0, 0.05) is 16.2 Å². The minimum atomic E-state index is -0.319. The normalized spacial score (nSPS) is 11.8. The minimum Gasteiger partial charge on any atom is -0.343 e. The molecule has 126 valence electrons. The lowest BCUT2D eigenvalue weighted by molar-refractivity contribution is -0.121. The molecule has 1 atom stereocenters. The Kier molecular flexibility index (Phi) is 5.69. The van der Waals surface area contributed by atoms with Gasteiger partial charge in [0.05, 0.1) is 18.2 Å². The molecule has 1 amide bonds. The number of carbonyl (C=O) groups excluding carboxylic acids is 1. The van der Waals surface area contributed by atoms with E-state index in [1.165, 1.54) is 0 Å². The highest BCUT2D eigenvalue weighted by Crippen LogP contribution is 2.23. The Hall–Kier alpha value is -2.36. The number of hydrogen-bond donors (Lipinski definition) is 1. The van der Waals surface area contributed by atoms with E-state index >= 15 is 0 Å². The van der Waals surface area contributed by atoms with Crippen molar-refractivity contribution in [2.24, 2.45) is 0 Å². The zero-order chi connectivity index (χ0) is 17.6. The number of carbonyl (C=O) groups is 1. The van der Waals surface area contributed by atoms with E-state index in [1.807, 2.05) is 48.5 Å². The Morgan fingerprint density at radius 1 is 1.00 bits per heavy atom. The number of halogens is 2. The van der Waals surface area contributed by atoms with E-state index in [4.69, 9.17) is 23.2 Å². The van der Waals surface area contributed by atoms with Crippen LogP contribution in [0.4, 0.5) is 0 Å². The monoisotopic (exact) mass is 370 g/mol. The molecule has 25 heavy (non-hydrogen) atoms. The predicted molar refractivity (Wildman–Crippen MR) is 101 cm³/mol. The van der Waals surface area contributed by atoms with Crippen molar-refractivity contribution in [1.82, 2.24) is 10.3 Å². The highest BCUT2D eigenvalue weighted by Gasteiger charge is 2.18. The molecule has 3 aromatic rings. The topological polar surface area (TPSA) is 42.0 Å². The molecule has 0 aliphatic carbocycles. The first-order chi connectivity index (χ1) is 12.1. The number of aromatic nitrogens is 1. The van der Waals surface area contributed by atoms with Crippen LogP contribution in [0.2, 0.25) is 10.0 Å². The Bertz CT molecular complexity index is 815. The molecule has 0 bridgehead atoms. The fourth-order valence-corrected chi connectivity index (χ4v) is 3.05. The highest BCUT2D eigenvalue weighted by atomic mass is 35.5. The van der Waals surface area contributed by atoms with Crippen molar-refractivity contribution in [1.29, 1.82) is 0 Å². The molecule has 0 radical (unpaired) electrons. The van der Waals surface area contributed by atoms with Crippen LogP contribution in [0.3, 0.4) is 0 Å². The molecule has 0 aliphatic heterocycles. The van der Waals surface area contributed by atoms with E-state index in [0.29, 0.717) is 10.0 Å². The molecule has 0 fully saturated rings. The van der Waals surface area contributed by atoms with Crippen LogP contribution < -0.4 is 5.32 Å². The van der Waals surface area contributed by atoms with Gasteiger partial charge in [-0.25, -0.2) is 0 Å². The summed E-state index contributed by atoms with van der Waals surface area (Å²) in [7, 11) is 0. The lowest BCUT2D eigenvalue weighted by Crippen LogP contribution is -2.31. The third-order valence-corrected chi connectivity index (χ3v) is 4.37. The van der Waals surface area contributed by atoms with Gasteiger partial charge in [0.15, 0.2) is 0 Å². The van der Waals surface area contributed by atoms with Crippen LogP contribution in [0.15, 0.2) is 72.9 Å². The van der Waals surface area contributed by atoms with E-state index in [-0.39, 0.29) is 18.4 Å². The maximum Gasteiger partial charge on any atom is 0.225 e. The number of nitrogens with one attached hydrogen (secondary N) is 1. The van der Waals surface area contributed by atoms with Crippen LogP contribution in [0.5, 0.6) is 0 Å². The van der Waals surface area contributed by atoms with Gasteiger partial charge in [0.1, 0.15) is 0 Å². The molecule has 5 heteroatoms. The lowest BCUT2D eigenvalue weighted by Gasteiger charge is -2.19. The second-order valence-corrected chi connectivity index (χ2v) is 6.42. The molecule has 0 spiro atoms. The summed E-state index contributed by atoms with van der Waals surface area (Å²) in [6.45, 7) is 0. The van der Waals surface area contributed by atoms with Gasteiger partial charge in [0.25, 0.3) is 0 Å². The van der Waals surface area contributed by atoms with Crippen molar-refractivity contribution >= 4 is 29.1 Å². The Labute approximate surface area is 156 Å². The summed E-state index contributed by atoms with van der Waals surface area (Å²) in [5.74, 6) is -0.135. The molecule has 2 aromatic carbocycles. The molecule has 0 aliphatic rings. The molecule has 1 unspecified atom stereocenters. The van der Waals surface area contributed by atoms with Crippen molar-refractivity contribution in [3.8, 4) is 0 Å². The lowest BCUT2D eigenvalue weighted by atomic mass is 10.0. The fourth-order valence-electron chi connectivity index (χ4n) is 2.57. The fraction of sp³-hybridized carbons (Fsp3) is 0.100. The van der Waals surface area contributed by atoms with Gasteiger partial charge in [-0.1, -0.05) is 65.7 Å². The average Bonchev–Trinajstić information content (AvgIpc) is 2.63. The van der Waals surface area contributed by atoms with Gasteiger partial charge in [-0.05, 0) is 35.4 Å². The molecular formula is C20H16Cl2N2O. The second-order valence-electron chi connectivity index (χ2n) is 5.58.